The van der Waals surface area contributed by atoms with Gasteiger partial charge < -0.3 is 10.4 Å². The normalized spacial score (nSPS) is 17.3. The number of amides is 1. The van der Waals surface area contributed by atoms with Crippen LogP contribution in [0.15, 0.2) is 24.3 Å². The van der Waals surface area contributed by atoms with E-state index >= 15 is 0 Å². The molecule has 1 amide bonds. The van der Waals surface area contributed by atoms with Gasteiger partial charge >= 0.3 is 5.97 Å². The SMILES string of the molecule is CC[C@H](C)[C@H](NC(=O)C1Cc2ccccc2C1)C(=O)O. The second kappa shape index (κ2) is 6.07. The van der Waals surface area contributed by atoms with E-state index in [1.807, 2.05) is 38.1 Å². The highest BCUT2D eigenvalue weighted by atomic mass is 16.4. The lowest BCUT2D eigenvalue weighted by Crippen LogP contribution is -2.47. The standard InChI is InChI=1S/C16H21NO3/c1-3-10(2)14(16(19)20)17-15(18)13-8-11-6-4-5-7-12(11)9-13/h4-7,10,13-14H,3,8-9H2,1-2H3,(H,17,18)(H,19,20)/t10-,14-/m0/s1. The van der Waals surface area contributed by atoms with Crippen LogP contribution in [0.5, 0.6) is 0 Å². The number of aliphatic carboxylic acids is 1. The van der Waals surface area contributed by atoms with Gasteiger partial charge in [-0.15, -0.1) is 0 Å². The molecule has 2 N–H and O–H groups in total. The average molecular weight is 275 g/mol. The molecule has 0 aliphatic heterocycles. The van der Waals surface area contributed by atoms with Crippen LogP contribution >= 0.6 is 0 Å². The van der Waals surface area contributed by atoms with Crippen LogP contribution < -0.4 is 5.32 Å². The Morgan fingerprint density at radius 3 is 2.30 bits per heavy atom. The first-order valence-corrected chi connectivity index (χ1v) is 7.12. The molecule has 2 rings (SSSR count). The molecule has 1 aromatic rings. The first-order chi connectivity index (χ1) is 9.52. The number of hydrogen-bond acceptors (Lipinski definition) is 2. The molecule has 108 valence electrons. The highest BCUT2D eigenvalue weighted by molar-refractivity contribution is 5.86. The van der Waals surface area contributed by atoms with Gasteiger partial charge in [-0.05, 0) is 29.9 Å². The Bertz CT molecular complexity index is 487. The van der Waals surface area contributed by atoms with E-state index in [9.17, 15) is 14.7 Å². The number of nitrogens with one attached hydrogen (secondary N) is 1. The summed E-state index contributed by atoms with van der Waals surface area (Å²) in [7, 11) is 0. The minimum atomic E-state index is -0.955. The summed E-state index contributed by atoms with van der Waals surface area (Å²) in [6, 6.07) is 7.21. The number of rotatable bonds is 5. The van der Waals surface area contributed by atoms with Gasteiger partial charge in [0.15, 0.2) is 0 Å². The van der Waals surface area contributed by atoms with Crippen molar-refractivity contribution in [3.8, 4) is 0 Å². The van der Waals surface area contributed by atoms with E-state index in [1.165, 1.54) is 11.1 Å². The average Bonchev–Trinajstić information content (AvgIpc) is 2.87. The van der Waals surface area contributed by atoms with Crippen molar-refractivity contribution >= 4 is 11.9 Å². The van der Waals surface area contributed by atoms with Gasteiger partial charge in [-0.3, -0.25) is 4.79 Å². The van der Waals surface area contributed by atoms with E-state index in [0.29, 0.717) is 12.8 Å². The molecule has 0 fully saturated rings. The maximum Gasteiger partial charge on any atom is 0.326 e. The maximum atomic E-state index is 12.3. The van der Waals surface area contributed by atoms with Crippen LogP contribution in [0.4, 0.5) is 0 Å². The quantitative estimate of drug-likeness (QED) is 0.864. The highest BCUT2D eigenvalue weighted by Gasteiger charge is 2.31. The lowest BCUT2D eigenvalue weighted by molar-refractivity contribution is -0.144. The predicted octanol–water partition coefficient (Wildman–Crippen LogP) is 2.02. The molecule has 20 heavy (non-hydrogen) atoms. The zero-order valence-corrected chi connectivity index (χ0v) is 11.9. The van der Waals surface area contributed by atoms with Crippen molar-refractivity contribution in [3.63, 3.8) is 0 Å². The summed E-state index contributed by atoms with van der Waals surface area (Å²) in [4.78, 5) is 23.5. The molecule has 0 radical (unpaired) electrons. The number of benzene rings is 1. The lowest BCUT2D eigenvalue weighted by atomic mass is 9.97. The van der Waals surface area contributed by atoms with Crippen molar-refractivity contribution in [1.82, 2.24) is 5.32 Å². The van der Waals surface area contributed by atoms with Crippen LogP contribution in [-0.2, 0) is 22.4 Å². The van der Waals surface area contributed by atoms with E-state index in [2.05, 4.69) is 5.32 Å². The molecule has 1 aliphatic carbocycles. The molecule has 4 nitrogen and oxygen atoms in total. The molecular weight excluding hydrogens is 254 g/mol. The van der Waals surface area contributed by atoms with Crippen molar-refractivity contribution in [2.45, 2.75) is 39.2 Å². The van der Waals surface area contributed by atoms with Gasteiger partial charge in [0.1, 0.15) is 6.04 Å². The Labute approximate surface area is 119 Å². The van der Waals surface area contributed by atoms with E-state index in [4.69, 9.17) is 0 Å². The highest BCUT2D eigenvalue weighted by Crippen LogP contribution is 2.26. The van der Waals surface area contributed by atoms with E-state index in [-0.39, 0.29) is 17.7 Å². The van der Waals surface area contributed by atoms with Crippen molar-refractivity contribution in [2.75, 3.05) is 0 Å². The predicted molar refractivity (Wildman–Crippen MR) is 76.4 cm³/mol. The third-order valence-corrected chi connectivity index (χ3v) is 4.20. The van der Waals surface area contributed by atoms with Crippen LogP contribution in [0.1, 0.15) is 31.4 Å². The van der Waals surface area contributed by atoms with E-state index in [1.54, 1.807) is 0 Å². The molecule has 1 aliphatic rings. The molecule has 4 heteroatoms. The lowest BCUT2D eigenvalue weighted by Gasteiger charge is -2.22. The van der Waals surface area contributed by atoms with Crippen molar-refractivity contribution < 1.29 is 14.7 Å². The van der Waals surface area contributed by atoms with Gasteiger partial charge in [-0.25, -0.2) is 4.79 Å². The number of carbonyl (C=O) groups excluding carboxylic acids is 1. The Balaban J connectivity index is 2.01. The molecule has 0 saturated carbocycles. The summed E-state index contributed by atoms with van der Waals surface area (Å²) in [5.41, 5.74) is 2.39. The summed E-state index contributed by atoms with van der Waals surface area (Å²) in [5.74, 6) is -1.31. The summed E-state index contributed by atoms with van der Waals surface area (Å²) < 4.78 is 0. The Morgan fingerprint density at radius 1 is 1.30 bits per heavy atom. The van der Waals surface area contributed by atoms with Crippen LogP contribution in [0.3, 0.4) is 0 Å². The van der Waals surface area contributed by atoms with Gasteiger partial charge in [-0.2, -0.15) is 0 Å². The smallest absolute Gasteiger partial charge is 0.326 e. The monoisotopic (exact) mass is 275 g/mol. The third-order valence-electron chi connectivity index (χ3n) is 4.20. The van der Waals surface area contributed by atoms with Gasteiger partial charge in [0.25, 0.3) is 0 Å². The zero-order chi connectivity index (χ0) is 14.7. The molecular formula is C16H21NO3. The Hall–Kier alpha value is -1.84. The van der Waals surface area contributed by atoms with Crippen LogP contribution in [0, 0.1) is 11.8 Å². The fourth-order valence-electron chi connectivity index (χ4n) is 2.70. The molecule has 0 bridgehead atoms. The Kier molecular flexibility index (Phi) is 4.42. The topological polar surface area (TPSA) is 66.4 Å². The molecule has 0 saturated heterocycles. The third kappa shape index (κ3) is 3.00. The van der Waals surface area contributed by atoms with Gasteiger partial charge in [0.05, 0.1) is 0 Å². The number of carboxylic acids is 1. The zero-order valence-electron chi connectivity index (χ0n) is 11.9. The van der Waals surface area contributed by atoms with Gasteiger partial charge in [-0.1, -0.05) is 44.5 Å². The second-order valence-electron chi connectivity index (χ2n) is 5.58. The summed E-state index contributed by atoms with van der Waals surface area (Å²) in [5, 5.41) is 11.9. The van der Waals surface area contributed by atoms with Crippen LogP contribution in [0.25, 0.3) is 0 Å². The number of fused-ring (bicyclic) bond motifs is 1. The molecule has 1 aromatic carbocycles. The number of hydrogen-bond donors (Lipinski definition) is 2. The van der Waals surface area contributed by atoms with Crippen LogP contribution in [-0.4, -0.2) is 23.0 Å². The Morgan fingerprint density at radius 2 is 1.85 bits per heavy atom. The van der Waals surface area contributed by atoms with Gasteiger partial charge in [0.2, 0.25) is 5.91 Å². The number of carboxylic acid groups (broad SMARTS) is 1. The molecule has 0 aromatic heterocycles. The first-order valence-electron chi connectivity index (χ1n) is 7.12. The van der Waals surface area contributed by atoms with Crippen LogP contribution in [0.2, 0.25) is 0 Å². The van der Waals surface area contributed by atoms with E-state index < -0.39 is 12.0 Å². The van der Waals surface area contributed by atoms with Gasteiger partial charge in [0, 0.05) is 5.92 Å². The van der Waals surface area contributed by atoms with Crippen molar-refractivity contribution in [3.05, 3.63) is 35.4 Å². The summed E-state index contributed by atoms with van der Waals surface area (Å²) >= 11 is 0. The minimum Gasteiger partial charge on any atom is -0.480 e. The molecule has 0 unspecified atom stereocenters. The van der Waals surface area contributed by atoms with Crippen molar-refractivity contribution in [2.24, 2.45) is 11.8 Å². The fraction of sp³-hybridized carbons (Fsp3) is 0.500. The summed E-state index contributed by atoms with van der Waals surface area (Å²) in [6.07, 6.45) is 2.13. The first kappa shape index (κ1) is 14.6. The van der Waals surface area contributed by atoms with Crippen molar-refractivity contribution in [1.29, 1.82) is 0 Å². The molecule has 0 spiro atoms. The second-order valence-corrected chi connectivity index (χ2v) is 5.58. The van der Waals surface area contributed by atoms with E-state index in [0.717, 1.165) is 6.42 Å². The largest absolute Gasteiger partial charge is 0.480 e. The fourth-order valence-corrected chi connectivity index (χ4v) is 2.70. The maximum absolute atomic E-state index is 12.3. The number of carbonyl (C=O) groups is 2. The molecule has 0 heterocycles. The minimum absolute atomic E-state index is 0.0692. The molecule has 2 atom stereocenters. The summed E-state index contributed by atoms with van der Waals surface area (Å²) in [6.45, 7) is 3.78.